The van der Waals surface area contributed by atoms with Crippen molar-refractivity contribution in [3.63, 3.8) is 0 Å². The Morgan fingerprint density at radius 3 is 2.68 bits per heavy atom. The fourth-order valence-corrected chi connectivity index (χ4v) is 7.65. The quantitative estimate of drug-likeness (QED) is 0.315. The van der Waals surface area contributed by atoms with Gasteiger partial charge in [-0.15, -0.1) is 0 Å². The van der Waals surface area contributed by atoms with Gasteiger partial charge in [0.25, 0.3) is 0 Å². The summed E-state index contributed by atoms with van der Waals surface area (Å²) in [6, 6.07) is 3.39. The van der Waals surface area contributed by atoms with Gasteiger partial charge in [-0.3, -0.25) is 4.79 Å². The summed E-state index contributed by atoms with van der Waals surface area (Å²) in [7, 11) is 0. The van der Waals surface area contributed by atoms with E-state index in [2.05, 4.69) is 38.7 Å². The van der Waals surface area contributed by atoms with Crippen molar-refractivity contribution in [1.29, 1.82) is 0 Å². The average Bonchev–Trinajstić information content (AvgIpc) is 3.33. The zero-order chi connectivity index (χ0) is 26.4. The molecule has 0 saturated heterocycles. The molecule has 1 heterocycles. The molecule has 7 atom stereocenters. The van der Waals surface area contributed by atoms with Gasteiger partial charge in [-0.2, -0.15) is 0 Å². The van der Waals surface area contributed by atoms with E-state index in [1.807, 2.05) is 6.08 Å². The second-order valence-electron chi connectivity index (χ2n) is 12.3. The minimum Gasteiger partial charge on any atom is -0.461 e. The van der Waals surface area contributed by atoms with Crippen molar-refractivity contribution in [1.82, 2.24) is 0 Å². The lowest BCUT2D eigenvalue weighted by Crippen LogP contribution is -2.35. The highest BCUT2D eigenvalue weighted by Gasteiger charge is 2.56. The molecular formula is C32H42O5. The summed E-state index contributed by atoms with van der Waals surface area (Å²) in [5, 5.41) is 31.3. The first-order valence-electron chi connectivity index (χ1n) is 14.1. The number of Topliss-reactive ketones (excluding diaryl/α,β-unsaturated/α-hetero) is 1. The molecule has 5 heteroatoms. The van der Waals surface area contributed by atoms with Crippen LogP contribution in [-0.4, -0.2) is 39.4 Å². The van der Waals surface area contributed by atoms with E-state index in [1.165, 1.54) is 18.3 Å². The van der Waals surface area contributed by atoms with Crippen LogP contribution in [0.1, 0.15) is 82.2 Å². The molecule has 0 bridgehead atoms. The molecule has 4 saturated carbocycles. The van der Waals surface area contributed by atoms with E-state index in [-0.39, 0.29) is 11.2 Å². The number of carbonyl (C=O) groups excluding carboxylic acids is 1. The van der Waals surface area contributed by atoms with Crippen molar-refractivity contribution in [2.45, 2.75) is 89.9 Å². The Morgan fingerprint density at radius 2 is 1.97 bits per heavy atom. The van der Waals surface area contributed by atoms with Gasteiger partial charge in [0.15, 0.2) is 5.76 Å². The van der Waals surface area contributed by atoms with Gasteiger partial charge >= 0.3 is 0 Å². The molecule has 0 unspecified atom stereocenters. The number of hydrogen-bond donors (Lipinski definition) is 3. The van der Waals surface area contributed by atoms with Crippen LogP contribution in [-0.2, 0) is 0 Å². The Labute approximate surface area is 220 Å². The first-order chi connectivity index (χ1) is 17.7. The summed E-state index contributed by atoms with van der Waals surface area (Å²) in [6.45, 7) is 8.75. The molecule has 4 fully saturated rings. The zero-order valence-corrected chi connectivity index (χ0v) is 22.2. The number of aliphatic hydroxyl groups excluding tert-OH is 3. The smallest absolute Gasteiger partial charge is 0.207 e. The Balaban J connectivity index is 1.28. The molecule has 5 rings (SSSR count). The van der Waals surface area contributed by atoms with Crippen LogP contribution in [0.5, 0.6) is 0 Å². The number of allylic oxidation sites excluding steroid dienone is 4. The highest BCUT2D eigenvalue weighted by Crippen LogP contribution is 2.60. The van der Waals surface area contributed by atoms with Crippen LogP contribution < -0.4 is 0 Å². The molecule has 1 aromatic heterocycles. The molecule has 1 aromatic rings. The topological polar surface area (TPSA) is 90.9 Å². The SMILES string of the molecule is C=C1C(=CC=C2CCC[C@]3(C)[C@@H]([C@H](C)C=C[C@H](O)C4(C(=O)c5ccco5)CC4)CC[C@@H]23)C[C@@H](O)C[C@@H]1O. The summed E-state index contributed by atoms with van der Waals surface area (Å²) in [5.74, 6) is 1.58. The number of rotatable bonds is 7. The number of hydrogen-bond acceptors (Lipinski definition) is 5. The normalized spacial score (nSPS) is 37.2. The Bertz CT molecular complexity index is 1100. The third-order valence-electron chi connectivity index (χ3n) is 10.1. The van der Waals surface area contributed by atoms with E-state index < -0.39 is 23.7 Å². The predicted octanol–water partition coefficient (Wildman–Crippen LogP) is 5.94. The number of fused-ring (bicyclic) bond motifs is 1. The van der Waals surface area contributed by atoms with Gasteiger partial charge in [-0.25, -0.2) is 0 Å². The molecule has 200 valence electrons. The fraction of sp³-hybridized carbons (Fsp3) is 0.594. The van der Waals surface area contributed by atoms with Crippen molar-refractivity contribution in [3.05, 3.63) is 71.8 Å². The molecule has 0 radical (unpaired) electrons. The van der Waals surface area contributed by atoms with Crippen LogP contribution in [0.25, 0.3) is 0 Å². The first kappa shape index (κ1) is 26.4. The van der Waals surface area contributed by atoms with Crippen LogP contribution in [0.2, 0.25) is 0 Å². The summed E-state index contributed by atoms with van der Waals surface area (Å²) in [5.41, 5.74) is 2.64. The molecule has 0 spiro atoms. The van der Waals surface area contributed by atoms with Gasteiger partial charge in [0.2, 0.25) is 5.78 Å². The minimum absolute atomic E-state index is 0.0907. The molecule has 37 heavy (non-hydrogen) atoms. The monoisotopic (exact) mass is 506 g/mol. The molecule has 3 N–H and O–H groups in total. The largest absolute Gasteiger partial charge is 0.461 e. The Hall–Kier alpha value is -2.21. The standard InChI is InChI=1S/C32H42O5/c1-20(8-13-29(35)32(15-16-32)30(36)28-7-5-17-37-28)25-11-12-26-22(6-4-14-31(25,26)3)9-10-23-18-24(33)19-27(34)21(23)2/h5,7-10,13,17,20,24-27,29,33-35H,2,4,6,11-12,14-16,18-19H2,1,3H3/t20-,24-,25-,26+,27+,29+,31-/m1/s1. The lowest BCUT2D eigenvalue weighted by molar-refractivity contribution is 0.0697. The van der Waals surface area contributed by atoms with Crippen molar-refractivity contribution < 1.29 is 24.5 Å². The van der Waals surface area contributed by atoms with Gasteiger partial charge in [-0.1, -0.05) is 50.3 Å². The fourth-order valence-electron chi connectivity index (χ4n) is 7.65. The summed E-state index contributed by atoms with van der Waals surface area (Å²) < 4.78 is 5.31. The van der Waals surface area contributed by atoms with E-state index in [0.29, 0.717) is 49.2 Å². The van der Waals surface area contributed by atoms with Gasteiger partial charge in [0.05, 0.1) is 30.0 Å². The van der Waals surface area contributed by atoms with E-state index >= 15 is 0 Å². The van der Waals surface area contributed by atoms with Crippen LogP contribution in [0.3, 0.4) is 0 Å². The zero-order valence-electron chi connectivity index (χ0n) is 22.2. The predicted molar refractivity (Wildman–Crippen MR) is 144 cm³/mol. The van der Waals surface area contributed by atoms with Crippen LogP contribution >= 0.6 is 0 Å². The van der Waals surface area contributed by atoms with E-state index in [1.54, 1.807) is 12.1 Å². The van der Waals surface area contributed by atoms with E-state index in [4.69, 9.17) is 4.42 Å². The Kier molecular flexibility index (Phi) is 7.25. The van der Waals surface area contributed by atoms with E-state index in [0.717, 1.165) is 36.8 Å². The van der Waals surface area contributed by atoms with Crippen molar-refractivity contribution in [2.75, 3.05) is 0 Å². The second-order valence-corrected chi connectivity index (χ2v) is 12.3. The number of carbonyl (C=O) groups is 1. The maximum Gasteiger partial charge on any atom is 0.207 e. The van der Waals surface area contributed by atoms with Gasteiger partial charge < -0.3 is 19.7 Å². The molecule has 4 aliphatic carbocycles. The summed E-state index contributed by atoms with van der Waals surface area (Å²) in [4.78, 5) is 12.9. The van der Waals surface area contributed by atoms with E-state index in [9.17, 15) is 20.1 Å². The molecule has 0 aliphatic heterocycles. The lowest BCUT2D eigenvalue weighted by atomic mass is 9.61. The third kappa shape index (κ3) is 4.86. The number of furan rings is 1. The lowest BCUT2D eigenvalue weighted by Gasteiger charge is -2.44. The second kappa shape index (κ2) is 10.2. The maximum absolute atomic E-state index is 12.9. The summed E-state index contributed by atoms with van der Waals surface area (Å²) in [6.07, 6.45) is 16.0. The van der Waals surface area contributed by atoms with Crippen LogP contribution in [0.15, 0.2) is 70.4 Å². The first-order valence-corrected chi connectivity index (χ1v) is 14.1. The highest BCUT2D eigenvalue weighted by molar-refractivity contribution is 6.00. The minimum atomic E-state index is -0.791. The van der Waals surface area contributed by atoms with Gasteiger partial charge in [-0.05, 0) is 97.8 Å². The maximum atomic E-state index is 12.9. The van der Waals surface area contributed by atoms with Gasteiger partial charge in [0.1, 0.15) is 0 Å². The van der Waals surface area contributed by atoms with Crippen molar-refractivity contribution >= 4 is 5.78 Å². The molecule has 4 aliphatic rings. The third-order valence-corrected chi connectivity index (χ3v) is 10.1. The molecule has 5 nitrogen and oxygen atoms in total. The summed E-state index contributed by atoms with van der Waals surface area (Å²) >= 11 is 0. The van der Waals surface area contributed by atoms with Crippen molar-refractivity contribution in [3.8, 4) is 0 Å². The number of ketones is 1. The average molecular weight is 507 g/mol. The molecule has 0 amide bonds. The van der Waals surface area contributed by atoms with Crippen molar-refractivity contribution in [2.24, 2.45) is 28.6 Å². The van der Waals surface area contributed by atoms with Gasteiger partial charge in [0, 0.05) is 6.42 Å². The Morgan fingerprint density at radius 1 is 1.19 bits per heavy atom. The van der Waals surface area contributed by atoms with Crippen LogP contribution in [0.4, 0.5) is 0 Å². The highest BCUT2D eigenvalue weighted by atomic mass is 16.3. The molecule has 0 aromatic carbocycles. The van der Waals surface area contributed by atoms with Crippen LogP contribution in [0, 0.1) is 28.6 Å². The number of aliphatic hydroxyl groups is 3. The molecular weight excluding hydrogens is 464 g/mol.